The van der Waals surface area contributed by atoms with Crippen LogP contribution >= 0.6 is 0 Å². The number of carboxylic acids is 2. The van der Waals surface area contributed by atoms with Gasteiger partial charge in [-0.05, 0) is 38.5 Å². The second-order valence-corrected chi connectivity index (χ2v) is 11.8. The molecule has 6 heteroatoms. The summed E-state index contributed by atoms with van der Waals surface area (Å²) in [6, 6.07) is 0. The smallest absolute Gasteiger partial charge is 1.00 e. The summed E-state index contributed by atoms with van der Waals surface area (Å²) in [5.74, 6) is -1.32. The fourth-order valence-electron chi connectivity index (χ4n) is 4.99. The normalized spacial score (nSPS) is 10.5. The Kier molecular flexibility index (Phi) is 54.1. The molecule has 0 heterocycles. The van der Waals surface area contributed by atoms with E-state index in [0.29, 0.717) is 12.8 Å². The summed E-state index contributed by atoms with van der Waals surface area (Å²) < 4.78 is 0. The molecule has 0 aromatic heterocycles. The molecule has 0 aromatic carbocycles. The van der Waals surface area contributed by atoms with Crippen molar-refractivity contribution in [3.63, 3.8) is 0 Å². The molecule has 0 fully saturated rings. The zero-order chi connectivity index (χ0) is 29.8. The van der Waals surface area contributed by atoms with E-state index in [-0.39, 0.29) is 60.9 Å². The van der Waals surface area contributed by atoms with Crippen LogP contribution in [0.5, 0.6) is 0 Å². The van der Waals surface area contributed by atoms with Gasteiger partial charge >= 0.3 is 68.5 Å². The van der Waals surface area contributed by atoms with Gasteiger partial charge in [-0.15, -0.1) is 0 Å². The zero-order valence-corrected chi connectivity index (χ0v) is 31.0. The summed E-state index contributed by atoms with van der Waals surface area (Å²) in [7, 11) is 0. The molecule has 0 aliphatic heterocycles. The Morgan fingerprint density at radius 2 is 0.643 bits per heavy atom. The number of carbonyl (C=O) groups is 2. The van der Waals surface area contributed by atoms with Crippen molar-refractivity contribution in [1.82, 2.24) is 0 Å². The summed E-state index contributed by atoms with van der Waals surface area (Å²) >= 11 is 0. The Morgan fingerprint density at radius 3 is 0.881 bits per heavy atom. The molecule has 0 saturated heterocycles. The number of rotatable bonds is 31. The fourth-order valence-corrected chi connectivity index (χ4v) is 4.99. The van der Waals surface area contributed by atoms with E-state index >= 15 is 0 Å². The van der Waals surface area contributed by atoms with Crippen molar-refractivity contribution in [2.45, 2.75) is 206 Å². The van der Waals surface area contributed by atoms with Gasteiger partial charge in [-0.1, -0.05) is 167 Å². The third-order valence-electron chi connectivity index (χ3n) is 7.65. The van der Waals surface area contributed by atoms with Crippen molar-refractivity contribution in [3.8, 4) is 0 Å². The summed E-state index contributed by atoms with van der Waals surface area (Å²) in [4.78, 5) is 20.7. The largest absolute Gasteiger partial charge is 2.00 e. The molecule has 244 valence electrons. The number of unbranched alkanes of at least 4 members (excludes halogenated alkanes) is 25. The van der Waals surface area contributed by atoms with Crippen LogP contribution in [0.3, 0.4) is 0 Å². The van der Waals surface area contributed by atoms with Crippen LogP contribution in [-0.2, 0) is 9.59 Å². The van der Waals surface area contributed by atoms with Crippen LogP contribution < -0.4 is 18.9 Å². The van der Waals surface area contributed by atoms with Crippen LogP contribution in [0.1, 0.15) is 211 Å². The van der Waals surface area contributed by atoms with E-state index in [1.807, 2.05) is 0 Å². The van der Waals surface area contributed by atoms with Crippen molar-refractivity contribution in [1.29, 1.82) is 0 Å². The maximum Gasteiger partial charge on any atom is 2.00 e. The molecule has 0 aliphatic rings. The van der Waals surface area contributed by atoms with Gasteiger partial charge in [0, 0.05) is 12.8 Å². The minimum absolute atomic E-state index is 0. The molecule has 2 N–H and O–H groups in total. The molecule has 0 amide bonds. The van der Waals surface area contributed by atoms with Crippen LogP contribution in [-0.4, -0.2) is 59.9 Å². The van der Waals surface area contributed by atoms with E-state index in [2.05, 4.69) is 26.0 Å². The quantitative estimate of drug-likeness (QED) is 0.0462. The summed E-state index contributed by atoms with van der Waals surface area (Å²) in [6.07, 6.45) is 41.4. The first kappa shape index (κ1) is 49.4. The van der Waals surface area contributed by atoms with Crippen molar-refractivity contribution in [2.75, 3.05) is 0 Å². The molecule has 0 rings (SSSR count). The maximum atomic E-state index is 10.3. The Morgan fingerprint density at radius 1 is 0.429 bits per heavy atom. The molecule has 4 nitrogen and oxygen atoms in total. The van der Waals surface area contributed by atoms with Crippen molar-refractivity contribution in [3.05, 3.63) is 12.2 Å². The van der Waals surface area contributed by atoms with E-state index in [4.69, 9.17) is 10.2 Å². The van der Waals surface area contributed by atoms with Crippen LogP contribution in [0.15, 0.2) is 12.2 Å². The molecule has 0 aromatic rings. The molecule has 0 saturated carbocycles. The van der Waals surface area contributed by atoms with E-state index in [0.717, 1.165) is 25.7 Å². The maximum absolute atomic E-state index is 10.3. The number of hydrogen-bond acceptors (Lipinski definition) is 2. The molecule has 0 atom stereocenters. The molecule has 0 aliphatic carbocycles. The van der Waals surface area contributed by atoms with Crippen molar-refractivity contribution >= 4 is 49.7 Å². The van der Waals surface area contributed by atoms with Gasteiger partial charge < -0.3 is 14.5 Å². The summed E-state index contributed by atoms with van der Waals surface area (Å²) in [5.41, 5.74) is 0. The zero-order valence-electron chi connectivity index (χ0n) is 31.8. The van der Waals surface area contributed by atoms with Crippen LogP contribution in [0.2, 0.25) is 0 Å². The first-order valence-electron chi connectivity index (χ1n) is 17.6. The van der Waals surface area contributed by atoms with Crippen molar-refractivity contribution in [2.24, 2.45) is 0 Å². The SMILES string of the molecule is CCCCCCCCC=CCCCCCCCC(=O)O.CCCCCCCCCCCCCCCCCC(=O)O.[Ca+2].[H-].[H-].[H-].[Li+]. The molecule has 0 bridgehead atoms. The fraction of sp³-hybridized carbons (Fsp3) is 0.889. The molecular weight excluding hydrogens is 543 g/mol. The first-order chi connectivity index (χ1) is 19.5. The van der Waals surface area contributed by atoms with Gasteiger partial charge in [-0.3, -0.25) is 9.59 Å². The standard InChI is InChI=1S/C18H36O2.C18H34O2.Ca.Li.3H/c2*1-2-3-4-5-6-7-8-9-10-11-12-13-14-15-16-17-18(19)20;;;;;/h2-17H2,1H3,(H,19,20);9-10H,2-8,11-17H2,1H3,(H,19,20);;;;;/q;;+2;+1;3*-1. The van der Waals surface area contributed by atoms with E-state index in [9.17, 15) is 9.59 Å². The van der Waals surface area contributed by atoms with Gasteiger partial charge in [0.2, 0.25) is 0 Å². The molecule has 0 unspecified atom stereocenters. The van der Waals surface area contributed by atoms with Crippen LogP contribution in [0.4, 0.5) is 0 Å². The second kappa shape index (κ2) is 46.0. The van der Waals surface area contributed by atoms with Gasteiger partial charge in [-0.25, -0.2) is 0 Å². The average molecular weight is 617 g/mol. The number of allylic oxidation sites excluding steroid dienone is 2. The van der Waals surface area contributed by atoms with Gasteiger partial charge in [-0.2, -0.15) is 0 Å². The topological polar surface area (TPSA) is 74.6 Å². The predicted molar refractivity (Wildman–Crippen MR) is 183 cm³/mol. The van der Waals surface area contributed by atoms with Crippen LogP contribution in [0, 0.1) is 0 Å². The first-order valence-corrected chi connectivity index (χ1v) is 17.6. The monoisotopic (exact) mass is 617 g/mol. The average Bonchev–Trinajstić information content (AvgIpc) is 2.93. The Hall–Kier alpha value is 0.537. The number of aliphatic carboxylic acids is 2. The van der Waals surface area contributed by atoms with Crippen molar-refractivity contribution < 1.29 is 42.9 Å². The van der Waals surface area contributed by atoms with Gasteiger partial charge in [0.25, 0.3) is 0 Å². The second-order valence-electron chi connectivity index (χ2n) is 11.8. The predicted octanol–water partition coefficient (Wildman–Crippen LogP) is 9.40. The Balaban J connectivity index is -0.000000116. The molecular formula is C36H73CaLiO4. The summed E-state index contributed by atoms with van der Waals surface area (Å²) in [6.45, 7) is 4.53. The Labute approximate surface area is 309 Å². The minimum atomic E-state index is -0.664. The van der Waals surface area contributed by atoms with Gasteiger partial charge in [0.15, 0.2) is 0 Å². The number of hydrogen-bond donors (Lipinski definition) is 2. The van der Waals surface area contributed by atoms with Crippen LogP contribution in [0.25, 0.3) is 0 Å². The molecule has 0 radical (unpaired) electrons. The third kappa shape index (κ3) is 53.1. The van der Waals surface area contributed by atoms with E-state index in [1.165, 1.54) is 154 Å². The van der Waals surface area contributed by atoms with Gasteiger partial charge in [0.05, 0.1) is 0 Å². The molecule has 42 heavy (non-hydrogen) atoms. The number of carboxylic acid groups (broad SMARTS) is 2. The Bertz CT molecular complexity index is 558. The third-order valence-corrected chi connectivity index (χ3v) is 7.65. The van der Waals surface area contributed by atoms with E-state index < -0.39 is 11.9 Å². The summed E-state index contributed by atoms with van der Waals surface area (Å²) in [5, 5.41) is 17.0. The molecule has 0 spiro atoms. The minimum Gasteiger partial charge on any atom is -1.00 e. The van der Waals surface area contributed by atoms with Gasteiger partial charge in [0.1, 0.15) is 0 Å². The van der Waals surface area contributed by atoms with E-state index in [1.54, 1.807) is 0 Å².